The number of phosphoric ester groups is 1. The van der Waals surface area contributed by atoms with Crippen molar-refractivity contribution in [3.63, 3.8) is 0 Å². The molecule has 0 bridgehead atoms. The van der Waals surface area contributed by atoms with Crippen LogP contribution in [0.4, 0.5) is 0 Å². The average molecular weight is 766 g/mol. The zero-order chi connectivity index (χ0) is 39.3. The summed E-state index contributed by atoms with van der Waals surface area (Å²) >= 11 is 0. The molecule has 0 saturated carbocycles. The van der Waals surface area contributed by atoms with Crippen molar-refractivity contribution in [2.24, 2.45) is 0 Å². The van der Waals surface area contributed by atoms with E-state index in [0.717, 1.165) is 57.8 Å². The molecule has 0 aromatic heterocycles. The number of aliphatic hydroxyl groups excluding tert-OH is 1. The van der Waals surface area contributed by atoms with Crippen LogP contribution in [0.25, 0.3) is 0 Å². The predicted octanol–water partition coefficient (Wildman–Crippen LogP) is 11.5. The fraction of sp³-hybridized carbons (Fsp3) is 0.750. The van der Waals surface area contributed by atoms with Gasteiger partial charge in [0.15, 0.2) is 0 Å². The molecule has 0 radical (unpaired) electrons. The minimum Gasteiger partial charge on any atom is -0.387 e. The summed E-state index contributed by atoms with van der Waals surface area (Å²) in [6.07, 6.45) is 45.9. The predicted molar refractivity (Wildman–Crippen MR) is 226 cm³/mol. The van der Waals surface area contributed by atoms with Crippen molar-refractivity contribution >= 4 is 13.7 Å². The van der Waals surface area contributed by atoms with Gasteiger partial charge in [-0.1, -0.05) is 152 Å². The van der Waals surface area contributed by atoms with Crippen molar-refractivity contribution in [1.82, 2.24) is 5.32 Å². The number of likely N-dealkylation sites (N-methyl/N-ethyl adjacent to an activating group) is 1. The molecule has 0 heterocycles. The van der Waals surface area contributed by atoms with E-state index in [-0.39, 0.29) is 19.1 Å². The van der Waals surface area contributed by atoms with Crippen LogP contribution in [0.3, 0.4) is 0 Å². The van der Waals surface area contributed by atoms with E-state index >= 15 is 0 Å². The van der Waals surface area contributed by atoms with Gasteiger partial charge in [0.1, 0.15) is 13.2 Å². The standard InChI is InChI=1S/C44H81N2O6P/c1-6-8-10-12-14-16-17-18-19-20-21-22-23-24-25-26-27-28-29-30-32-34-36-38-44(48)45-42(41-52-53(49,50)51-40-39-46(3,4)5)43(47)37-35-33-31-15-13-11-9-7-2/h13,15,17-18,20-21,23-24,35,37,42-43,47H,6-12,14,16,19,22,25-34,36,38-41H2,1-5H3,(H-,45,48,49,50)/p+1/b15-13+,18-17-,21-20-,24-23-,37-35+. The number of phosphoric acid groups is 1. The van der Waals surface area contributed by atoms with Gasteiger partial charge in [-0.3, -0.25) is 13.8 Å². The molecule has 0 aliphatic rings. The van der Waals surface area contributed by atoms with Crippen LogP contribution in [0, 0.1) is 0 Å². The van der Waals surface area contributed by atoms with Crippen LogP contribution >= 0.6 is 7.82 Å². The maximum Gasteiger partial charge on any atom is 0.472 e. The molecule has 0 aliphatic heterocycles. The Hall–Kier alpha value is -1.80. The third-order valence-electron chi connectivity index (χ3n) is 8.96. The molecule has 308 valence electrons. The quantitative estimate of drug-likeness (QED) is 0.0252. The van der Waals surface area contributed by atoms with Gasteiger partial charge < -0.3 is 19.8 Å². The first-order valence-corrected chi connectivity index (χ1v) is 22.7. The lowest BCUT2D eigenvalue weighted by Gasteiger charge is -2.25. The Labute approximate surface area is 326 Å². The zero-order valence-corrected chi connectivity index (χ0v) is 35.6. The van der Waals surface area contributed by atoms with Gasteiger partial charge >= 0.3 is 7.82 Å². The van der Waals surface area contributed by atoms with Crippen molar-refractivity contribution < 1.29 is 32.9 Å². The van der Waals surface area contributed by atoms with E-state index in [1.807, 2.05) is 27.2 Å². The van der Waals surface area contributed by atoms with E-state index in [4.69, 9.17) is 9.05 Å². The van der Waals surface area contributed by atoms with Crippen LogP contribution < -0.4 is 5.32 Å². The number of amides is 1. The minimum atomic E-state index is -4.34. The molecule has 3 atom stereocenters. The summed E-state index contributed by atoms with van der Waals surface area (Å²) in [5.74, 6) is -0.201. The van der Waals surface area contributed by atoms with Crippen LogP contribution in [0.5, 0.6) is 0 Å². The molecule has 1 amide bonds. The lowest BCUT2D eigenvalue weighted by atomic mass is 10.1. The van der Waals surface area contributed by atoms with E-state index in [1.54, 1.807) is 6.08 Å². The minimum absolute atomic E-state index is 0.0515. The third-order valence-corrected chi connectivity index (χ3v) is 9.94. The molecule has 8 nitrogen and oxygen atoms in total. The Kier molecular flexibility index (Phi) is 34.7. The molecular formula is C44H82N2O6P+. The number of allylic oxidation sites excluding steroid dienone is 9. The van der Waals surface area contributed by atoms with Crippen molar-refractivity contribution in [3.8, 4) is 0 Å². The number of hydrogen-bond acceptors (Lipinski definition) is 5. The summed E-state index contributed by atoms with van der Waals surface area (Å²) in [7, 11) is 1.53. The van der Waals surface area contributed by atoms with Gasteiger partial charge in [-0.2, -0.15) is 0 Å². The highest BCUT2D eigenvalue weighted by Gasteiger charge is 2.27. The highest BCUT2D eigenvalue weighted by atomic mass is 31.2. The first-order valence-electron chi connectivity index (χ1n) is 21.2. The summed E-state index contributed by atoms with van der Waals surface area (Å²) in [5.41, 5.74) is 0. The number of hydrogen-bond donors (Lipinski definition) is 3. The lowest BCUT2D eigenvalue weighted by Crippen LogP contribution is -2.45. The van der Waals surface area contributed by atoms with E-state index in [1.165, 1.54) is 83.5 Å². The molecule has 0 rings (SSSR count). The zero-order valence-electron chi connectivity index (χ0n) is 34.7. The molecule has 3 unspecified atom stereocenters. The number of rotatable bonds is 37. The van der Waals surface area contributed by atoms with Gasteiger partial charge in [-0.25, -0.2) is 4.57 Å². The number of nitrogens with zero attached hydrogens (tertiary/aromatic N) is 1. The van der Waals surface area contributed by atoms with Gasteiger partial charge in [-0.05, 0) is 64.2 Å². The van der Waals surface area contributed by atoms with Crippen molar-refractivity contribution in [2.45, 2.75) is 174 Å². The molecular weight excluding hydrogens is 683 g/mol. The highest BCUT2D eigenvalue weighted by Crippen LogP contribution is 2.43. The Morgan fingerprint density at radius 2 is 1.11 bits per heavy atom. The maximum atomic E-state index is 12.8. The Morgan fingerprint density at radius 1 is 0.642 bits per heavy atom. The Balaban J connectivity index is 4.28. The van der Waals surface area contributed by atoms with Crippen LogP contribution in [0.2, 0.25) is 0 Å². The van der Waals surface area contributed by atoms with E-state index in [2.05, 4.69) is 67.8 Å². The van der Waals surface area contributed by atoms with Crippen molar-refractivity contribution in [1.29, 1.82) is 0 Å². The van der Waals surface area contributed by atoms with Crippen LogP contribution in [0.15, 0.2) is 60.8 Å². The molecule has 3 N–H and O–H groups in total. The first-order chi connectivity index (χ1) is 25.5. The second-order valence-electron chi connectivity index (χ2n) is 15.4. The second kappa shape index (κ2) is 35.9. The van der Waals surface area contributed by atoms with Crippen LogP contribution in [-0.2, 0) is 18.4 Å². The molecule has 53 heavy (non-hydrogen) atoms. The summed E-state index contributed by atoms with van der Waals surface area (Å²) in [4.78, 5) is 23.0. The largest absolute Gasteiger partial charge is 0.472 e. The van der Waals surface area contributed by atoms with Crippen molar-refractivity contribution in [2.75, 3.05) is 40.9 Å². The van der Waals surface area contributed by atoms with Gasteiger partial charge in [0.25, 0.3) is 0 Å². The van der Waals surface area contributed by atoms with E-state index in [9.17, 15) is 19.4 Å². The molecule has 0 aliphatic carbocycles. The summed E-state index contributed by atoms with van der Waals surface area (Å²) in [6, 6.07) is -0.866. The van der Waals surface area contributed by atoms with E-state index < -0.39 is 20.0 Å². The number of carbonyl (C=O) groups excluding carboxylic acids is 1. The van der Waals surface area contributed by atoms with Gasteiger partial charge in [0.05, 0.1) is 39.9 Å². The molecule has 0 aromatic carbocycles. The highest BCUT2D eigenvalue weighted by molar-refractivity contribution is 7.47. The van der Waals surface area contributed by atoms with Gasteiger partial charge in [0.2, 0.25) is 5.91 Å². The molecule has 0 fully saturated rings. The number of aliphatic hydroxyl groups is 1. The maximum absolute atomic E-state index is 12.8. The summed E-state index contributed by atoms with van der Waals surface area (Å²) < 4.78 is 23.4. The fourth-order valence-corrected chi connectivity index (χ4v) is 6.25. The summed E-state index contributed by atoms with van der Waals surface area (Å²) in [5, 5.41) is 13.7. The van der Waals surface area contributed by atoms with Gasteiger partial charge in [0, 0.05) is 6.42 Å². The van der Waals surface area contributed by atoms with Crippen LogP contribution in [0.1, 0.15) is 162 Å². The van der Waals surface area contributed by atoms with Crippen LogP contribution in [-0.4, -0.2) is 73.4 Å². The Morgan fingerprint density at radius 3 is 1.70 bits per heavy atom. The summed E-state index contributed by atoms with van der Waals surface area (Å²) in [6.45, 7) is 4.67. The fourth-order valence-electron chi connectivity index (χ4n) is 5.52. The SMILES string of the molecule is CCCC/C=C/CC/C=C/C(O)C(COP(=O)(O)OCC[N+](C)(C)C)NC(=O)CCCCCCCCCC/C=C\C/C=C\C/C=C\CCCCCCC. The normalized spacial score (nSPS) is 15.1. The molecule has 0 aromatic rings. The topological polar surface area (TPSA) is 105 Å². The molecule has 0 saturated heterocycles. The lowest BCUT2D eigenvalue weighted by molar-refractivity contribution is -0.870. The average Bonchev–Trinajstić information content (AvgIpc) is 3.10. The molecule has 9 heteroatoms. The smallest absolute Gasteiger partial charge is 0.387 e. The second-order valence-corrected chi connectivity index (χ2v) is 16.8. The Bertz CT molecular complexity index is 1050. The van der Waals surface area contributed by atoms with E-state index in [0.29, 0.717) is 17.4 Å². The molecule has 0 spiro atoms. The number of quaternary nitrogens is 1. The third kappa shape index (κ3) is 38.3. The number of unbranched alkanes of at least 4 members (excludes halogenated alkanes) is 16. The number of nitrogens with one attached hydrogen (secondary N) is 1. The number of carbonyl (C=O) groups is 1. The first kappa shape index (κ1) is 51.2. The monoisotopic (exact) mass is 766 g/mol. The van der Waals surface area contributed by atoms with Crippen molar-refractivity contribution in [3.05, 3.63) is 60.8 Å². The van der Waals surface area contributed by atoms with Gasteiger partial charge in [-0.15, -0.1) is 0 Å².